The zero-order chi connectivity index (χ0) is 15.9. The highest BCUT2D eigenvalue weighted by Gasteiger charge is 2.22. The summed E-state index contributed by atoms with van der Waals surface area (Å²) in [6.45, 7) is 8.90. The SMILES string of the molecule is CCOc1c(Cl)cc(CNCC2CCCN2CC)cc1OC.Cl.Cl. The van der Waals surface area contributed by atoms with Crippen molar-refractivity contribution in [1.29, 1.82) is 0 Å². The average Bonchev–Trinajstić information content (AvgIpc) is 2.97. The molecule has 1 N–H and O–H groups in total. The van der Waals surface area contributed by atoms with Gasteiger partial charge in [-0.1, -0.05) is 18.5 Å². The molecule has 0 spiro atoms. The summed E-state index contributed by atoms with van der Waals surface area (Å²) >= 11 is 6.30. The minimum absolute atomic E-state index is 0. The molecule has 1 aromatic rings. The van der Waals surface area contributed by atoms with E-state index in [-0.39, 0.29) is 24.8 Å². The van der Waals surface area contributed by atoms with Crippen LogP contribution in [0.25, 0.3) is 0 Å². The van der Waals surface area contributed by atoms with E-state index in [1.807, 2.05) is 19.1 Å². The van der Waals surface area contributed by atoms with Crippen molar-refractivity contribution < 1.29 is 9.47 Å². The summed E-state index contributed by atoms with van der Waals surface area (Å²) in [7, 11) is 1.64. The number of hydrogen-bond acceptors (Lipinski definition) is 4. The lowest BCUT2D eigenvalue weighted by atomic mass is 10.1. The number of halogens is 3. The van der Waals surface area contributed by atoms with Crippen LogP contribution in [-0.2, 0) is 6.54 Å². The van der Waals surface area contributed by atoms with Crippen LogP contribution in [0.15, 0.2) is 12.1 Å². The van der Waals surface area contributed by atoms with Gasteiger partial charge in [0.2, 0.25) is 0 Å². The molecular formula is C17H29Cl3N2O2. The molecule has 0 radical (unpaired) electrons. The van der Waals surface area contributed by atoms with Crippen LogP contribution in [-0.4, -0.2) is 44.3 Å². The zero-order valence-corrected chi connectivity index (χ0v) is 17.0. The Morgan fingerprint density at radius 2 is 2.04 bits per heavy atom. The second-order valence-corrected chi connectivity index (χ2v) is 6.00. The third-order valence-corrected chi connectivity index (χ3v) is 4.47. The summed E-state index contributed by atoms with van der Waals surface area (Å²) in [5.41, 5.74) is 1.12. The number of nitrogens with zero attached hydrogens (tertiary/aromatic N) is 1. The van der Waals surface area contributed by atoms with Crippen molar-refractivity contribution in [2.24, 2.45) is 0 Å². The Morgan fingerprint density at radius 1 is 1.29 bits per heavy atom. The highest BCUT2D eigenvalue weighted by Crippen LogP contribution is 2.36. The first kappa shape index (κ1) is 23.6. The number of ether oxygens (including phenoxy) is 2. The van der Waals surface area contributed by atoms with Crippen molar-refractivity contribution >= 4 is 36.4 Å². The fraction of sp³-hybridized carbons (Fsp3) is 0.647. The highest BCUT2D eigenvalue weighted by molar-refractivity contribution is 6.32. The molecule has 1 unspecified atom stereocenters. The monoisotopic (exact) mass is 398 g/mol. The summed E-state index contributed by atoms with van der Waals surface area (Å²) in [4.78, 5) is 2.54. The molecule has 4 nitrogen and oxygen atoms in total. The van der Waals surface area contributed by atoms with Gasteiger partial charge in [-0.05, 0) is 50.6 Å². The average molecular weight is 400 g/mol. The number of likely N-dealkylation sites (N-methyl/N-ethyl adjacent to an activating group) is 1. The zero-order valence-electron chi connectivity index (χ0n) is 14.6. The predicted molar refractivity (Wildman–Crippen MR) is 106 cm³/mol. The predicted octanol–water partition coefficient (Wildman–Crippen LogP) is 4.16. The molecule has 24 heavy (non-hydrogen) atoms. The van der Waals surface area contributed by atoms with Gasteiger partial charge >= 0.3 is 0 Å². The van der Waals surface area contributed by atoms with Gasteiger partial charge in [0.15, 0.2) is 11.5 Å². The van der Waals surface area contributed by atoms with Gasteiger partial charge in [0.25, 0.3) is 0 Å². The maximum atomic E-state index is 6.30. The highest BCUT2D eigenvalue weighted by atomic mass is 35.5. The molecular weight excluding hydrogens is 371 g/mol. The van der Waals surface area contributed by atoms with Crippen molar-refractivity contribution in [3.05, 3.63) is 22.7 Å². The molecule has 140 valence electrons. The van der Waals surface area contributed by atoms with E-state index < -0.39 is 0 Å². The normalized spacial score (nSPS) is 17.1. The summed E-state index contributed by atoms with van der Waals surface area (Å²) in [6, 6.07) is 4.61. The van der Waals surface area contributed by atoms with E-state index in [1.165, 1.54) is 19.4 Å². The van der Waals surface area contributed by atoms with Crippen LogP contribution in [0.4, 0.5) is 0 Å². The lowest BCUT2D eigenvalue weighted by Crippen LogP contribution is -2.37. The first-order valence-electron chi connectivity index (χ1n) is 8.13. The molecule has 0 amide bonds. The third kappa shape index (κ3) is 6.16. The quantitative estimate of drug-likeness (QED) is 0.711. The number of hydrogen-bond donors (Lipinski definition) is 1. The van der Waals surface area contributed by atoms with Gasteiger partial charge in [-0.3, -0.25) is 4.90 Å². The van der Waals surface area contributed by atoms with Gasteiger partial charge in [0, 0.05) is 19.1 Å². The summed E-state index contributed by atoms with van der Waals surface area (Å²) in [6.07, 6.45) is 2.59. The van der Waals surface area contributed by atoms with Gasteiger partial charge in [-0.15, -0.1) is 24.8 Å². The molecule has 1 atom stereocenters. The Balaban J connectivity index is 0.00000264. The molecule has 1 heterocycles. The maximum Gasteiger partial charge on any atom is 0.179 e. The largest absolute Gasteiger partial charge is 0.493 e. The molecule has 0 saturated carbocycles. The fourth-order valence-corrected chi connectivity index (χ4v) is 3.37. The van der Waals surface area contributed by atoms with Gasteiger partial charge < -0.3 is 14.8 Å². The third-order valence-electron chi connectivity index (χ3n) is 4.19. The summed E-state index contributed by atoms with van der Waals surface area (Å²) < 4.78 is 10.9. The minimum Gasteiger partial charge on any atom is -0.493 e. The van der Waals surface area contributed by atoms with E-state index in [2.05, 4.69) is 17.1 Å². The van der Waals surface area contributed by atoms with E-state index in [0.717, 1.165) is 25.2 Å². The number of benzene rings is 1. The smallest absolute Gasteiger partial charge is 0.179 e. The Hall–Kier alpha value is -0.390. The number of likely N-dealkylation sites (tertiary alicyclic amines) is 1. The van der Waals surface area contributed by atoms with E-state index in [1.54, 1.807) is 7.11 Å². The first-order chi connectivity index (χ1) is 10.7. The van der Waals surface area contributed by atoms with Gasteiger partial charge in [-0.25, -0.2) is 0 Å². The van der Waals surface area contributed by atoms with Gasteiger partial charge in [0.05, 0.1) is 18.7 Å². The Labute approximate surface area is 163 Å². The molecule has 0 bridgehead atoms. The van der Waals surface area contributed by atoms with Crippen molar-refractivity contribution in [1.82, 2.24) is 10.2 Å². The first-order valence-corrected chi connectivity index (χ1v) is 8.51. The lowest BCUT2D eigenvalue weighted by molar-refractivity contribution is 0.260. The van der Waals surface area contributed by atoms with Crippen LogP contribution in [0.5, 0.6) is 11.5 Å². The van der Waals surface area contributed by atoms with Gasteiger partial charge in [0.1, 0.15) is 0 Å². The van der Waals surface area contributed by atoms with Crippen molar-refractivity contribution in [3.8, 4) is 11.5 Å². The second kappa shape index (κ2) is 12.0. The Kier molecular flexibility index (Phi) is 11.8. The Bertz CT molecular complexity index is 489. The van der Waals surface area contributed by atoms with Crippen LogP contribution < -0.4 is 14.8 Å². The van der Waals surface area contributed by atoms with Crippen molar-refractivity contribution in [3.63, 3.8) is 0 Å². The molecule has 1 aliphatic heterocycles. The lowest BCUT2D eigenvalue weighted by Gasteiger charge is -2.23. The Morgan fingerprint density at radius 3 is 2.67 bits per heavy atom. The van der Waals surface area contributed by atoms with E-state index in [0.29, 0.717) is 29.2 Å². The number of methoxy groups -OCH3 is 1. The molecule has 0 aromatic heterocycles. The molecule has 1 saturated heterocycles. The second-order valence-electron chi connectivity index (χ2n) is 5.60. The van der Waals surface area contributed by atoms with Crippen LogP contribution >= 0.6 is 36.4 Å². The van der Waals surface area contributed by atoms with Gasteiger partial charge in [-0.2, -0.15) is 0 Å². The molecule has 2 rings (SSSR count). The standard InChI is InChI=1S/C17H27ClN2O2.2ClH/c1-4-20-8-6-7-14(20)12-19-11-13-9-15(18)17(22-5-2)16(10-13)21-3;;/h9-10,14,19H,4-8,11-12H2,1-3H3;2*1H. The maximum absolute atomic E-state index is 6.30. The van der Waals surface area contributed by atoms with Crippen molar-refractivity contribution in [2.75, 3.05) is 33.4 Å². The minimum atomic E-state index is 0. The van der Waals surface area contributed by atoms with Crippen LogP contribution in [0.3, 0.4) is 0 Å². The number of rotatable bonds is 8. The van der Waals surface area contributed by atoms with E-state index in [4.69, 9.17) is 21.1 Å². The van der Waals surface area contributed by atoms with E-state index in [9.17, 15) is 0 Å². The van der Waals surface area contributed by atoms with Crippen LogP contribution in [0.1, 0.15) is 32.3 Å². The molecule has 7 heteroatoms. The summed E-state index contributed by atoms with van der Waals surface area (Å²) in [5, 5.41) is 4.15. The fourth-order valence-electron chi connectivity index (χ4n) is 3.09. The summed E-state index contributed by atoms with van der Waals surface area (Å²) in [5.74, 6) is 1.32. The van der Waals surface area contributed by atoms with Crippen LogP contribution in [0.2, 0.25) is 5.02 Å². The topological polar surface area (TPSA) is 33.7 Å². The van der Waals surface area contributed by atoms with E-state index >= 15 is 0 Å². The molecule has 1 aromatic carbocycles. The number of nitrogens with one attached hydrogen (secondary N) is 1. The van der Waals surface area contributed by atoms with Crippen LogP contribution in [0, 0.1) is 0 Å². The molecule has 1 aliphatic rings. The molecule has 0 aliphatic carbocycles. The molecule has 1 fully saturated rings. The van der Waals surface area contributed by atoms with Crippen molar-refractivity contribution in [2.45, 2.75) is 39.3 Å².